The number of hydrogen-bond acceptors (Lipinski definition) is 7. The number of nitrogens with one attached hydrogen (secondary N) is 1. The second kappa shape index (κ2) is 9.84. The fourth-order valence-electron chi connectivity index (χ4n) is 3.17. The number of carbonyl (C=O) groups is 4. The SMILES string of the molecule is CNc1ccc(Oc2ccc(N(N)C(=O)c3cc(C(C)=O)c(C(=O)O)cc3C(=O)O)cc2)cc1. The number of carboxylic acid groups (broad SMARTS) is 2. The molecule has 0 aliphatic carbocycles. The first-order chi connectivity index (χ1) is 16.1. The zero-order chi connectivity index (χ0) is 25.0. The summed E-state index contributed by atoms with van der Waals surface area (Å²) in [6.07, 6.45) is 0. The van der Waals surface area contributed by atoms with Gasteiger partial charge < -0.3 is 20.3 Å². The summed E-state index contributed by atoms with van der Waals surface area (Å²) in [6, 6.07) is 15.1. The molecule has 0 bridgehead atoms. The minimum atomic E-state index is -1.54. The van der Waals surface area contributed by atoms with Crippen LogP contribution in [0.4, 0.5) is 11.4 Å². The van der Waals surface area contributed by atoms with Gasteiger partial charge in [0.15, 0.2) is 5.78 Å². The van der Waals surface area contributed by atoms with E-state index in [2.05, 4.69) is 5.32 Å². The molecule has 0 spiro atoms. The van der Waals surface area contributed by atoms with Gasteiger partial charge in [0.05, 0.1) is 22.4 Å². The van der Waals surface area contributed by atoms with Crippen LogP contribution in [0.3, 0.4) is 0 Å². The van der Waals surface area contributed by atoms with E-state index in [-0.39, 0.29) is 11.3 Å². The van der Waals surface area contributed by atoms with Crippen molar-refractivity contribution in [1.82, 2.24) is 0 Å². The highest BCUT2D eigenvalue weighted by Gasteiger charge is 2.26. The average molecular weight is 463 g/mol. The Hall–Kier alpha value is -4.70. The molecular formula is C24H21N3O7. The second-order valence-electron chi connectivity index (χ2n) is 7.16. The number of carbonyl (C=O) groups excluding carboxylic acids is 2. The molecule has 3 rings (SSSR count). The minimum Gasteiger partial charge on any atom is -0.478 e. The van der Waals surface area contributed by atoms with Gasteiger partial charge in [-0.1, -0.05) is 0 Å². The highest BCUT2D eigenvalue weighted by atomic mass is 16.5. The van der Waals surface area contributed by atoms with Crippen molar-refractivity contribution in [3.8, 4) is 11.5 Å². The normalized spacial score (nSPS) is 10.3. The van der Waals surface area contributed by atoms with Crippen LogP contribution >= 0.6 is 0 Å². The molecule has 0 aliphatic heterocycles. The number of nitrogens with zero attached hydrogens (tertiary/aromatic N) is 1. The van der Waals surface area contributed by atoms with E-state index in [9.17, 15) is 29.4 Å². The third-order valence-corrected chi connectivity index (χ3v) is 4.94. The van der Waals surface area contributed by atoms with Crippen LogP contribution in [0, 0.1) is 0 Å². The molecule has 1 amide bonds. The molecule has 10 heteroatoms. The lowest BCUT2D eigenvalue weighted by atomic mass is 9.95. The van der Waals surface area contributed by atoms with Crippen LogP contribution < -0.4 is 20.9 Å². The van der Waals surface area contributed by atoms with Gasteiger partial charge in [0.2, 0.25) is 0 Å². The maximum absolute atomic E-state index is 13.0. The smallest absolute Gasteiger partial charge is 0.336 e. The van der Waals surface area contributed by atoms with Crippen LogP contribution in [0.2, 0.25) is 0 Å². The lowest BCUT2D eigenvalue weighted by Gasteiger charge is -2.19. The maximum Gasteiger partial charge on any atom is 0.336 e. The average Bonchev–Trinajstić information content (AvgIpc) is 2.83. The molecule has 0 heterocycles. The Bertz CT molecular complexity index is 1270. The highest BCUT2D eigenvalue weighted by molar-refractivity contribution is 6.15. The van der Waals surface area contributed by atoms with E-state index >= 15 is 0 Å². The molecular weight excluding hydrogens is 442 g/mol. The predicted octanol–water partition coefficient (Wildman–Crippen LogP) is 3.64. The molecule has 3 aromatic rings. The van der Waals surface area contributed by atoms with Crippen molar-refractivity contribution in [2.24, 2.45) is 5.84 Å². The fraction of sp³-hybridized carbons (Fsp3) is 0.0833. The number of aromatic carboxylic acids is 2. The minimum absolute atomic E-state index is 0.214. The largest absolute Gasteiger partial charge is 0.478 e. The van der Waals surface area contributed by atoms with Crippen molar-refractivity contribution in [1.29, 1.82) is 0 Å². The van der Waals surface area contributed by atoms with Gasteiger partial charge in [0.1, 0.15) is 11.5 Å². The monoisotopic (exact) mass is 463 g/mol. The fourth-order valence-corrected chi connectivity index (χ4v) is 3.17. The van der Waals surface area contributed by atoms with E-state index in [0.717, 1.165) is 24.7 Å². The van der Waals surface area contributed by atoms with Crippen LogP contribution in [0.5, 0.6) is 11.5 Å². The highest BCUT2D eigenvalue weighted by Crippen LogP contribution is 2.26. The predicted molar refractivity (Wildman–Crippen MR) is 124 cm³/mol. The molecule has 0 aromatic heterocycles. The number of hydrazine groups is 1. The van der Waals surface area contributed by atoms with Crippen LogP contribution in [0.15, 0.2) is 60.7 Å². The summed E-state index contributed by atoms with van der Waals surface area (Å²) in [5.41, 5.74) is -0.699. The summed E-state index contributed by atoms with van der Waals surface area (Å²) in [7, 11) is 1.80. The van der Waals surface area contributed by atoms with E-state index in [4.69, 9.17) is 10.6 Å². The van der Waals surface area contributed by atoms with E-state index < -0.39 is 40.3 Å². The topological polar surface area (TPSA) is 159 Å². The van der Waals surface area contributed by atoms with Gasteiger partial charge >= 0.3 is 11.9 Å². The Morgan fingerprint density at radius 1 is 0.794 bits per heavy atom. The Morgan fingerprint density at radius 3 is 1.74 bits per heavy atom. The van der Waals surface area contributed by atoms with Crippen molar-refractivity contribution in [3.05, 3.63) is 82.9 Å². The number of benzene rings is 3. The van der Waals surface area contributed by atoms with Crippen molar-refractivity contribution >= 4 is 35.0 Å². The quantitative estimate of drug-likeness (QED) is 0.169. The van der Waals surface area contributed by atoms with Gasteiger partial charge in [-0.15, -0.1) is 0 Å². The Balaban J connectivity index is 1.89. The van der Waals surface area contributed by atoms with Crippen molar-refractivity contribution in [2.75, 3.05) is 17.4 Å². The summed E-state index contributed by atoms with van der Waals surface area (Å²) >= 11 is 0. The summed E-state index contributed by atoms with van der Waals surface area (Å²) < 4.78 is 5.74. The van der Waals surface area contributed by atoms with Gasteiger partial charge in [-0.3, -0.25) is 9.59 Å². The number of ketones is 1. The molecule has 3 aromatic carbocycles. The molecule has 5 N–H and O–H groups in total. The standard InChI is InChI=1S/C24H21N3O7/c1-13(28)18-11-19(21(24(32)33)12-20(18)23(30)31)22(29)27(25)15-5-9-17(10-6-15)34-16-7-3-14(26-2)4-8-16/h3-12,26H,25H2,1-2H3,(H,30,31)(H,32,33). The maximum atomic E-state index is 13.0. The summed E-state index contributed by atoms with van der Waals surface area (Å²) in [5, 5.41) is 22.5. The van der Waals surface area contributed by atoms with Crippen molar-refractivity contribution in [2.45, 2.75) is 6.92 Å². The molecule has 0 atom stereocenters. The van der Waals surface area contributed by atoms with Crippen molar-refractivity contribution in [3.63, 3.8) is 0 Å². The number of rotatable bonds is 8. The third kappa shape index (κ3) is 5.03. The summed E-state index contributed by atoms with van der Waals surface area (Å²) in [4.78, 5) is 48.1. The number of anilines is 2. The van der Waals surface area contributed by atoms with E-state index in [0.29, 0.717) is 16.5 Å². The zero-order valence-corrected chi connectivity index (χ0v) is 18.2. The number of Topliss-reactive ketones (excluding diaryl/α,β-unsaturated/α-hetero) is 1. The molecule has 174 valence electrons. The number of ether oxygens (including phenoxy) is 1. The van der Waals surface area contributed by atoms with Crippen LogP contribution in [-0.4, -0.2) is 40.9 Å². The Labute approximate surface area is 194 Å². The molecule has 0 aliphatic rings. The first-order valence-corrected chi connectivity index (χ1v) is 9.92. The number of carboxylic acids is 2. The first-order valence-electron chi connectivity index (χ1n) is 9.92. The van der Waals surface area contributed by atoms with E-state index in [1.165, 1.54) is 12.1 Å². The molecule has 0 saturated carbocycles. The molecule has 0 saturated heterocycles. The molecule has 34 heavy (non-hydrogen) atoms. The van der Waals surface area contributed by atoms with E-state index in [1.54, 1.807) is 31.3 Å². The molecule has 0 radical (unpaired) electrons. The number of hydrogen-bond donors (Lipinski definition) is 4. The summed E-state index contributed by atoms with van der Waals surface area (Å²) in [6.45, 7) is 1.11. The zero-order valence-electron chi connectivity index (χ0n) is 18.2. The van der Waals surface area contributed by atoms with Crippen LogP contribution in [0.1, 0.15) is 48.4 Å². The van der Waals surface area contributed by atoms with Gasteiger partial charge in [-0.05, 0) is 67.6 Å². The van der Waals surface area contributed by atoms with Gasteiger partial charge in [0.25, 0.3) is 5.91 Å². The molecule has 0 fully saturated rings. The third-order valence-electron chi connectivity index (χ3n) is 4.94. The van der Waals surface area contributed by atoms with Gasteiger partial charge in [-0.25, -0.2) is 20.4 Å². The summed E-state index contributed by atoms with van der Waals surface area (Å²) in [5.74, 6) is 2.39. The van der Waals surface area contributed by atoms with Gasteiger partial charge in [0, 0.05) is 18.3 Å². The first kappa shape index (κ1) is 24.0. The van der Waals surface area contributed by atoms with Crippen molar-refractivity contribution < 1.29 is 34.1 Å². The molecule has 0 unspecified atom stereocenters. The van der Waals surface area contributed by atoms with Crippen LogP contribution in [-0.2, 0) is 0 Å². The lowest BCUT2D eigenvalue weighted by molar-refractivity contribution is 0.0689. The number of nitrogens with two attached hydrogens (primary N) is 1. The Morgan fingerprint density at radius 2 is 1.26 bits per heavy atom. The lowest BCUT2D eigenvalue weighted by Crippen LogP contribution is -2.38. The second-order valence-corrected chi connectivity index (χ2v) is 7.16. The molecule has 10 nitrogen and oxygen atoms in total. The number of amides is 1. The van der Waals surface area contributed by atoms with Gasteiger partial charge in [-0.2, -0.15) is 0 Å². The Kier molecular flexibility index (Phi) is 6.93. The van der Waals surface area contributed by atoms with Crippen LogP contribution in [0.25, 0.3) is 0 Å². The van der Waals surface area contributed by atoms with E-state index in [1.807, 2.05) is 12.1 Å².